The molecule has 0 saturated heterocycles. The Kier molecular flexibility index (Phi) is 7.56. The topological polar surface area (TPSA) is 24.5 Å². The average molecular weight is 321 g/mol. The van der Waals surface area contributed by atoms with Crippen molar-refractivity contribution in [3.63, 3.8) is 0 Å². The summed E-state index contributed by atoms with van der Waals surface area (Å²) in [4.78, 5) is 2.53. The van der Waals surface area contributed by atoms with Crippen molar-refractivity contribution >= 4 is 0 Å². The molecule has 0 fully saturated rings. The van der Waals surface area contributed by atoms with Crippen molar-refractivity contribution in [2.75, 3.05) is 20.2 Å². The van der Waals surface area contributed by atoms with Crippen molar-refractivity contribution in [3.8, 4) is 5.75 Å². The highest BCUT2D eigenvalue weighted by Crippen LogP contribution is 2.29. The molecule has 0 spiro atoms. The molecular weight excluding hydrogens is 284 g/mol. The van der Waals surface area contributed by atoms with E-state index < -0.39 is 0 Å². The van der Waals surface area contributed by atoms with Crippen LogP contribution in [0, 0.1) is 5.92 Å². The molecule has 0 saturated carbocycles. The van der Waals surface area contributed by atoms with Gasteiger partial charge in [0.2, 0.25) is 0 Å². The Morgan fingerprint density at radius 3 is 2.22 bits per heavy atom. The van der Waals surface area contributed by atoms with Gasteiger partial charge in [0, 0.05) is 29.7 Å². The number of hydrogen-bond acceptors (Lipinski definition) is 3. The van der Waals surface area contributed by atoms with Crippen LogP contribution in [0.25, 0.3) is 0 Å². The minimum Gasteiger partial charge on any atom is -0.496 e. The fraction of sp³-hybridized carbons (Fsp3) is 0.700. The van der Waals surface area contributed by atoms with E-state index >= 15 is 0 Å². The van der Waals surface area contributed by atoms with Crippen LogP contribution in [-0.2, 0) is 0 Å². The normalized spacial score (nSPS) is 15.0. The Morgan fingerprint density at radius 2 is 1.74 bits per heavy atom. The van der Waals surface area contributed by atoms with Crippen molar-refractivity contribution in [2.24, 2.45) is 5.92 Å². The number of para-hydroxylation sites is 1. The number of ether oxygens (including phenoxy) is 1. The van der Waals surface area contributed by atoms with Crippen LogP contribution < -0.4 is 10.1 Å². The molecule has 0 unspecified atom stereocenters. The first-order valence-corrected chi connectivity index (χ1v) is 8.84. The molecule has 1 N–H and O–H groups in total. The molecule has 2 atom stereocenters. The number of nitrogens with one attached hydrogen (secondary N) is 1. The Morgan fingerprint density at radius 1 is 1.13 bits per heavy atom. The number of nitrogens with zero attached hydrogens (tertiary/aromatic N) is 1. The summed E-state index contributed by atoms with van der Waals surface area (Å²) in [7, 11) is 1.75. The van der Waals surface area contributed by atoms with Gasteiger partial charge in [-0.2, -0.15) is 0 Å². The lowest BCUT2D eigenvalue weighted by molar-refractivity contribution is 0.161. The van der Waals surface area contributed by atoms with Crippen LogP contribution in [0.15, 0.2) is 24.3 Å². The van der Waals surface area contributed by atoms with Gasteiger partial charge in [-0.3, -0.25) is 4.90 Å². The fourth-order valence-electron chi connectivity index (χ4n) is 3.00. The number of likely N-dealkylation sites (N-methyl/N-ethyl adjacent to an activating group) is 1. The molecule has 0 heterocycles. The molecule has 1 rings (SSSR count). The second kappa shape index (κ2) is 8.70. The van der Waals surface area contributed by atoms with Gasteiger partial charge in [0.25, 0.3) is 0 Å². The highest BCUT2D eigenvalue weighted by molar-refractivity contribution is 5.35. The average Bonchev–Trinajstić information content (AvgIpc) is 2.49. The summed E-state index contributed by atoms with van der Waals surface area (Å²) in [5.74, 6) is 1.57. The monoisotopic (exact) mass is 320 g/mol. The van der Waals surface area contributed by atoms with Crippen molar-refractivity contribution < 1.29 is 4.74 Å². The van der Waals surface area contributed by atoms with E-state index in [9.17, 15) is 0 Å². The SMILES string of the molecule is CCN(C[C@@H](NC(C)(C)C)C(C)C)[C@@H](C)c1ccccc1OC. The van der Waals surface area contributed by atoms with Gasteiger partial charge in [0.05, 0.1) is 7.11 Å². The van der Waals surface area contributed by atoms with Crippen molar-refractivity contribution in [2.45, 2.75) is 66.1 Å². The summed E-state index contributed by atoms with van der Waals surface area (Å²) < 4.78 is 5.55. The van der Waals surface area contributed by atoms with E-state index in [0.717, 1.165) is 18.8 Å². The smallest absolute Gasteiger partial charge is 0.123 e. The first-order valence-electron chi connectivity index (χ1n) is 8.84. The third-order valence-electron chi connectivity index (χ3n) is 4.40. The predicted molar refractivity (Wildman–Crippen MR) is 100 cm³/mol. The second-order valence-corrected chi connectivity index (χ2v) is 7.75. The Bertz CT molecular complexity index is 465. The van der Waals surface area contributed by atoms with Gasteiger partial charge in [-0.15, -0.1) is 0 Å². The molecule has 0 aliphatic carbocycles. The Balaban J connectivity index is 2.93. The van der Waals surface area contributed by atoms with Crippen LogP contribution in [0.3, 0.4) is 0 Å². The third-order valence-corrected chi connectivity index (χ3v) is 4.40. The summed E-state index contributed by atoms with van der Waals surface area (Å²) in [6.45, 7) is 17.9. The van der Waals surface area contributed by atoms with Gasteiger partial charge in [0.15, 0.2) is 0 Å². The van der Waals surface area contributed by atoms with Gasteiger partial charge in [-0.25, -0.2) is 0 Å². The lowest BCUT2D eigenvalue weighted by Gasteiger charge is -2.37. The predicted octanol–water partition coefficient (Wildman–Crippen LogP) is 4.49. The highest BCUT2D eigenvalue weighted by Gasteiger charge is 2.25. The molecular formula is C20H36N2O. The Labute approximate surface area is 143 Å². The van der Waals surface area contributed by atoms with Crippen molar-refractivity contribution in [1.29, 1.82) is 0 Å². The van der Waals surface area contributed by atoms with Crippen molar-refractivity contribution in [3.05, 3.63) is 29.8 Å². The molecule has 0 aliphatic heterocycles. The first-order chi connectivity index (χ1) is 10.7. The number of rotatable bonds is 8. The van der Waals surface area contributed by atoms with E-state index in [1.807, 2.05) is 12.1 Å². The zero-order valence-electron chi connectivity index (χ0n) is 16.3. The van der Waals surface area contributed by atoms with E-state index in [-0.39, 0.29) is 5.54 Å². The van der Waals surface area contributed by atoms with E-state index in [1.54, 1.807) is 7.11 Å². The van der Waals surface area contributed by atoms with Gasteiger partial charge < -0.3 is 10.1 Å². The first kappa shape index (κ1) is 20.0. The van der Waals surface area contributed by atoms with Crippen LogP contribution in [-0.4, -0.2) is 36.7 Å². The van der Waals surface area contributed by atoms with Crippen LogP contribution >= 0.6 is 0 Å². The minimum absolute atomic E-state index is 0.127. The summed E-state index contributed by atoms with van der Waals surface area (Å²) in [5, 5.41) is 3.78. The molecule has 3 heteroatoms. The zero-order chi connectivity index (χ0) is 17.6. The summed E-state index contributed by atoms with van der Waals surface area (Å²) >= 11 is 0. The Hall–Kier alpha value is -1.06. The lowest BCUT2D eigenvalue weighted by atomic mass is 9.97. The summed E-state index contributed by atoms with van der Waals surface area (Å²) in [6.07, 6.45) is 0. The van der Waals surface area contributed by atoms with Gasteiger partial charge in [-0.1, -0.05) is 39.0 Å². The molecule has 23 heavy (non-hydrogen) atoms. The summed E-state index contributed by atoms with van der Waals surface area (Å²) in [6, 6.07) is 9.14. The summed E-state index contributed by atoms with van der Waals surface area (Å²) in [5.41, 5.74) is 1.39. The molecule has 1 aromatic carbocycles. The van der Waals surface area contributed by atoms with E-state index in [2.05, 4.69) is 70.8 Å². The number of methoxy groups -OCH3 is 1. The largest absolute Gasteiger partial charge is 0.496 e. The lowest BCUT2D eigenvalue weighted by Crippen LogP contribution is -2.52. The maximum atomic E-state index is 5.55. The van der Waals surface area contributed by atoms with Crippen LogP contribution in [0.2, 0.25) is 0 Å². The second-order valence-electron chi connectivity index (χ2n) is 7.75. The van der Waals surface area contributed by atoms with E-state index in [1.165, 1.54) is 5.56 Å². The van der Waals surface area contributed by atoms with Gasteiger partial charge in [-0.05, 0) is 46.2 Å². The highest BCUT2D eigenvalue weighted by atomic mass is 16.5. The quantitative estimate of drug-likeness (QED) is 0.764. The fourth-order valence-corrected chi connectivity index (χ4v) is 3.00. The molecule has 1 aromatic rings. The minimum atomic E-state index is 0.127. The van der Waals surface area contributed by atoms with Crippen molar-refractivity contribution in [1.82, 2.24) is 10.2 Å². The third kappa shape index (κ3) is 6.15. The maximum Gasteiger partial charge on any atom is 0.123 e. The molecule has 0 bridgehead atoms. The molecule has 3 nitrogen and oxygen atoms in total. The van der Waals surface area contributed by atoms with Gasteiger partial charge in [0.1, 0.15) is 5.75 Å². The standard InChI is InChI=1S/C20H36N2O/c1-9-22(14-18(15(2)3)21-20(5,6)7)16(4)17-12-10-11-13-19(17)23-8/h10-13,15-16,18,21H,9,14H2,1-8H3/t16-,18+/m0/s1. The maximum absolute atomic E-state index is 5.55. The van der Waals surface area contributed by atoms with E-state index in [0.29, 0.717) is 18.0 Å². The molecule has 0 aliphatic rings. The number of benzene rings is 1. The van der Waals surface area contributed by atoms with E-state index in [4.69, 9.17) is 4.74 Å². The van der Waals surface area contributed by atoms with Crippen LogP contribution in [0.1, 0.15) is 60.1 Å². The molecule has 0 amide bonds. The number of hydrogen-bond donors (Lipinski definition) is 1. The van der Waals surface area contributed by atoms with Gasteiger partial charge >= 0.3 is 0 Å². The van der Waals surface area contributed by atoms with Crippen LogP contribution in [0.4, 0.5) is 0 Å². The molecule has 0 aromatic heterocycles. The van der Waals surface area contributed by atoms with Crippen LogP contribution in [0.5, 0.6) is 5.75 Å². The molecule has 0 radical (unpaired) electrons. The zero-order valence-corrected chi connectivity index (χ0v) is 16.3. The molecule has 132 valence electrons.